The van der Waals surface area contributed by atoms with Gasteiger partial charge in [-0.15, -0.1) is 0 Å². The van der Waals surface area contributed by atoms with E-state index in [9.17, 15) is 0 Å². The summed E-state index contributed by atoms with van der Waals surface area (Å²) in [5, 5.41) is 12.2. The number of furan rings is 1. The summed E-state index contributed by atoms with van der Waals surface area (Å²) in [4.78, 5) is 0. The van der Waals surface area contributed by atoms with Crippen LogP contribution in [0.1, 0.15) is 29.5 Å². The Morgan fingerprint density at radius 2 is 2.16 bits per heavy atom. The van der Waals surface area contributed by atoms with Crippen molar-refractivity contribution in [3.05, 3.63) is 53.5 Å². The highest BCUT2D eigenvalue weighted by Gasteiger charge is 2.20. The van der Waals surface area contributed by atoms with E-state index in [0.717, 1.165) is 24.5 Å². The largest absolute Gasteiger partial charge is 0.493 e. The van der Waals surface area contributed by atoms with Crippen molar-refractivity contribution in [2.75, 3.05) is 6.61 Å². The number of nitriles is 1. The first kappa shape index (κ1) is 11.8. The van der Waals surface area contributed by atoms with Gasteiger partial charge in [0.25, 0.3) is 0 Å². The predicted molar refractivity (Wildman–Crippen MR) is 69.6 cm³/mol. The topological polar surface area (TPSA) is 58.2 Å². The minimum atomic E-state index is 0.264. The number of ether oxygens (including phenoxy) is 1. The SMILES string of the molecule is N#Cc1ccc(CNC2CCOc3ccccc32)o1. The van der Waals surface area contributed by atoms with Crippen LogP contribution in [0.15, 0.2) is 40.8 Å². The van der Waals surface area contributed by atoms with Crippen molar-refractivity contribution in [3.8, 4) is 11.8 Å². The highest BCUT2D eigenvalue weighted by atomic mass is 16.5. The zero-order valence-corrected chi connectivity index (χ0v) is 10.4. The van der Waals surface area contributed by atoms with Gasteiger partial charge in [-0.3, -0.25) is 0 Å². The lowest BCUT2D eigenvalue weighted by atomic mass is 10.0. The summed E-state index contributed by atoms with van der Waals surface area (Å²) < 4.78 is 11.0. The Hall–Kier alpha value is -2.25. The molecular formula is C15H14N2O2. The van der Waals surface area contributed by atoms with Crippen LogP contribution in [0.5, 0.6) is 5.75 Å². The molecule has 0 spiro atoms. The van der Waals surface area contributed by atoms with Crippen LogP contribution in [0, 0.1) is 11.3 Å². The average Bonchev–Trinajstić information content (AvgIpc) is 2.93. The fourth-order valence-corrected chi connectivity index (χ4v) is 2.31. The molecule has 1 N–H and O–H groups in total. The summed E-state index contributed by atoms with van der Waals surface area (Å²) >= 11 is 0. The summed E-state index contributed by atoms with van der Waals surface area (Å²) in [6.45, 7) is 1.33. The second-order valence-electron chi connectivity index (χ2n) is 4.49. The fourth-order valence-electron chi connectivity index (χ4n) is 2.31. The molecule has 3 rings (SSSR count). The van der Waals surface area contributed by atoms with E-state index in [0.29, 0.717) is 12.3 Å². The molecule has 0 saturated carbocycles. The maximum Gasteiger partial charge on any atom is 0.203 e. The fraction of sp³-hybridized carbons (Fsp3) is 0.267. The van der Waals surface area contributed by atoms with Crippen LogP contribution in [0.2, 0.25) is 0 Å². The van der Waals surface area contributed by atoms with Gasteiger partial charge < -0.3 is 14.5 Å². The molecule has 0 fully saturated rings. The number of nitrogens with zero attached hydrogens (tertiary/aromatic N) is 1. The molecule has 2 heterocycles. The van der Waals surface area contributed by atoms with E-state index in [-0.39, 0.29) is 6.04 Å². The van der Waals surface area contributed by atoms with Crippen LogP contribution in [-0.4, -0.2) is 6.61 Å². The quantitative estimate of drug-likeness (QED) is 0.915. The summed E-state index contributed by atoms with van der Waals surface area (Å²) in [5.41, 5.74) is 1.18. The average molecular weight is 254 g/mol. The zero-order valence-electron chi connectivity index (χ0n) is 10.4. The van der Waals surface area contributed by atoms with Gasteiger partial charge in [-0.25, -0.2) is 0 Å². The van der Waals surface area contributed by atoms with Crippen LogP contribution in [0.25, 0.3) is 0 Å². The minimum absolute atomic E-state index is 0.264. The van der Waals surface area contributed by atoms with E-state index < -0.39 is 0 Å². The zero-order chi connectivity index (χ0) is 13.1. The molecule has 1 aliphatic rings. The minimum Gasteiger partial charge on any atom is -0.493 e. The van der Waals surface area contributed by atoms with E-state index in [2.05, 4.69) is 11.4 Å². The molecule has 0 saturated heterocycles. The third-order valence-electron chi connectivity index (χ3n) is 3.25. The van der Waals surface area contributed by atoms with Crippen molar-refractivity contribution in [1.29, 1.82) is 5.26 Å². The molecule has 4 nitrogen and oxygen atoms in total. The monoisotopic (exact) mass is 254 g/mol. The Bertz CT molecular complexity index is 613. The number of para-hydroxylation sites is 1. The number of rotatable bonds is 3. The van der Waals surface area contributed by atoms with Gasteiger partial charge in [0.15, 0.2) is 0 Å². The first-order chi connectivity index (χ1) is 9.36. The van der Waals surface area contributed by atoms with Crippen molar-refractivity contribution in [1.82, 2.24) is 5.32 Å². The Labute approximate surface area is 111 Å². The van der Waals surface area contributed by atoms with Gasteiger partial charge in [-0.1, -0.05) is 18.2 Å². The van der Waals surface area contributed by atoms with Crippen LogP contribution < -0.4 is 10.1 Å². The second-order valence-corrected chi connectivity index (χ2v) is 4.49. The molecule has 1 aromatic carbocycles. The molecular weight excluding hydrogens is 240 g/mol. The molecule has 1 atom stereocenters. The van der Waals surface area contributed by atoms with Crippen molar-refractivity contribution in [2.24, 2.45) is 0 Å². The Kier molecular flexibility index (Phi) is 3.21. The third-order valence-corrected chi connectivity index (χ3v) is 3.25. The molecule has 0 amide bonds. The van der Waals surface area contributed by atoms with E-state index in [1.54, 1.807) is 6.07 Å². The molecule has 2 aromatic rings. The lowest BCUT2D eigenvalue weighted by molar-refractivity contribution is 0.250. The highest BCUT2D eigenvalue weighted by molar-refractivity contribution is 5.37. The van der Waals surface area contributed by atoms with Gasteiger partial charge in [0, 0.05) is 18.0 Å². The smallest absolute Gasteiger partial charge is 0.203 e. The highest BCUT2D eigenvalue weighted by Crippen LogP contribution is 2.31. The van der Waals surface area contributed by atoms with E-state index in [4.69, 9.17) is 14.4 Å². The summed E-state index contributed by atoms with van der Waals surface area (Å²) in [5.74, 6) is 2.08. The molecule has 0 radical (unpaired) electrons. The van der Waals surface area contributed by atoms with Gasteiger partial charge in [-0.05, 0) is 18.2 Å². The Balaban J connectivity index is 1.70. The predicted octanol–water partition coefficient (Wildman–Crippen LogP) is 2.76. The van der Waals surface area contributed by atoms with Crippen molar-refractivity contribution >= 4 is 0 Å². The van der Waals surface area contributed by atoms with E-state index in [1.807, 2.05) is 30.3 Å². The maximum absolute atomic E-state index is 8.72. The number of fused-ring (bicyclic) bond motifs is 1. The Morgan fingerprint density at radius 3 is 3.00 bits per heavy atom. The van der Waals surface area contributed by atoms with Crippen molar-refractivity contribution in [2.45, 2.75) is 19.0 Å². The second kappa shape index (κ2) is 5.17. The summed E-state index contributed by atoms with van der Waals surface area (Å²) in [6, 6.07) is 13.8. The molecule has 19 heavy (non-hydrogen) atoms. The van der Waals surface area contributed by atoms with Crippen LogP contribution >= 0.6 is 0 Å². The van der Waals surface area contributed by atoms with Gasteiger partial charge in [0.2, 0.25) is 5.76 Å². The Morgan fingerprint density at radius 1 is 1.26 bits per heavy atom. The first-order valence-electron chi connectivity index (χ1n) is 6.31. The summed E-state index contributed by atoms with van der Waals surface area (Å²) in [7, 11) is 0. The molecule has 96 valence electrons. The molecule has 0 bridgehead atoms. The molecule has 0 aliphatic carbocycles. The lowest BCUT2D eigenvalue weighted by Gasteiger charge is -2.26. The number of hydrogen-bond acceptors (Lipinski definition) is 4. The third kappa shape index (κ3) is 2.47. The molecule has 1 unspecified atom stereocenters. The van der Waals surface area contributed by atoms with Gasteiger partial charge >= 0.3 is 0 Å². The molecule has 1 aliphatic heterocycles. The van der Waals surface area contributed by atoms with Gasteiger partial charge in [0.1, 0.15) is 17.6 Å². The van der Waals surface area contributed by atoms with Gasteiger partial charge in [-0.2, -0.15) is 5.26 Å². The maximum atomic E-state index is 8.72. The lowest BCUT2D eigenvalue weighted by Crippen LogP contribution is -2.26. The van der Waals surface area contributed by atoms with Crippen molar-refractivity contribution in [3.63, 3.8) is 0 Å². The van der Waals surface area contributed by atoms with Crippen LogP contribution in [0.4, 0.5) is 0 Å². The van der Waals surface area contributed by atoms with Crippen LogP contribution in [-0.2, 0) is 6.54 Å². The molecule has 4 heteroatoms. The van der Waals surface area contributed by atoms with E-state index in [1.165, 1.54) is 5.56 Å². The van der Waals surface area contributed by atoms with Gasteiger partial charge in [0.05, 0.1) is 13.2 Å². The number of hydrogen-bond donors (Lipinski definition) is 1. The first-order valence-corrected chi connectivity index (χ1v) is 6.31. The number of nitrogens with one attached hydrogen (secondary N) is 1. The standard InChI is InChI=1S/C15H14N2O2/c16-9-11-5-6-12(19-11)10-17-14-7-8-18-15-4-2-1-3-13(14)15/h1-6,14,17H,7-8,10H2. The number of benzene rings is 1. The normalized spacial score (nSPS) is 17.3. The van der Waals surface area contributed by atoms with E-state index >= 15 is 0 Å². The summed E-state index contributed by atoms with van der Waals surface area (Å²) in [6.07, 6.45) is 0.933. The van der Waals surface area contributed by atoms with Crippen LogP contribution in [0.3, 0.4) is 0 Å². The van der Waals surface area contributed by atoms with Crippen molar-refractivity contribution < 1.29 is 9.15 Å². The molecule has 1 aromatic heterocycles.